The number of rotatable bonds is 6. The van der Waals surface area contributed by atoms with E-state index < -0.39 is 6.10 Å². The van der Waals surface area contributed by atoms with Crippen molar-refractivity contribution < 1.29 is 14.6 Å². The van der Waals surface area contributed by atoms with Gasteiger partial charge in [0.1, 0.15) is 11.9 Å². The Morgan fingerprint density at radius 2 is 1.80 bits per heavy atom. The number of carbonyl (C=O) groups excluding carboxylic acids is 1. The Morgan fingerprint density at radius 3 is 2.57 bits per heavy atom. The van der Waals surface area contributed by atoms with Gasteiger partial charge in [0.15, 0.2) is 0 Å². The van der Waals surface area contributed by atoms with Crippen LogP contribution in [0, 0.1) is 5.92 Å². The van der Waals surface area contributed by atoms with Crippen LogP contribution in [-0.2, 0) is 11.3 Å². The van der Waals surface area contributed by atoms with Gasteiger partial charge in [0.05, 0.1) is 6.10 Å². The molecule has 1 saturated heterocycles. The lowest BCUT2D eigenvalue weighted by molar-refractivity contribution is -0.133. The molecule has 1 amide bonds. The van der Waals surface area contributed by atoms with Gasteiger partial charge in [0.2, 0.25) is 5.91 Å². The third kappa shape index (κ3) is 5.72. The van der Waals surface area contributed by atoms with Crippen LogP contribution in [-0.4, -0.2) is 52.0 Å². The molecular formula is C29H33N3O3. The van der Waals surface area contributed by atoms with E-state index in [-0.39, 0.29) is 17.9 Å². The molecule has 2 aliphatic heterocycles. The van der Waals surface area contributed by atoms with Crippen LogP contribution in [0.25, 0.3) is 0 Å². The fourth-order valence-electron chi connectivity index (χ4n) is 5.19. The summed E-state index contributed by atoms with van der Waals surface area (Å²) in [6.45, 7) is 3.59. The minimum Gasteiger partial charge on any atom is -0.484 e. The number of amides is 1. The lowest BCUT2D eigenvalue weighted by Gasteiger charge is -2.34. The summed E-state index contributed by atoms with van der Waals surface area (Å²) < 4.78 is 6.40. The highest BCUT2D eigenvalue weighted by atomic mass is 16.5. The number of piperidine rings is 1. The van der Waals surface area contributed by atoms with Crippen molar-refractivity contribution in [3.8, 4) is 5.75 Å². The maximum Gasteiger partial charge on any atom is 0.223 e. The van der Waals surface area contributed by atoms with Crippen LogP contribution >= 0.6 is 0 Å². The minimum atomic E-state index is -0.520. The van der Waals surface area contributed by atoms with Crippen molar-refractivity contribution >= 4 is 5.91 Å². The van der Waals surface area contributed by atoms with Crippen LogP contribution in [0.3, 0.4) is 0 Å². The second-order valence-corrected chi connectivity index (χ2v) is 9.56. The van der Waals surface area contributed by atoms with Gasteiger partial charge >= 0.3 is 0 Å². The Morgan fingerprint density at radius 1 is 1.03 bits per heavy atom. The summed E-state index contributed by atoms with van der Waals surface area (Å²) in [7, 11) is 0. The molecule has 1 N–H and O–H groups in total. The molecule has 3 aromatic rings. The van der Waals surface area contributed by atoms with Crippen molar-refractivity contribution in [2.45, 2.75) is 38.0 Å². The molecular weight excluding hydrogens is 438 g/mol. The molecule has 0 spiro atoms. The molecule has 1 aromatic heterocycles. The minimum absolute atomic E-state index is 0.0698. The predicted molar refractivity (Wildman–Crippen MR) is 135 cm³/mol. The fourth-order valence-corrected chi connectivity index (χ4v) is 5.19. The van der Waals surface area contributed by atoms with Crippen molar-refractivity contribution in [2.75, 3.05) is 26.2 Å². The van der Waals surface area contributed by atoms with Gasteiger partial charge in [-0.3, -0.25) is 14.7 Å². The first kappa shape index (κ1) is 23.5. The number of nitrogens with zero attached hydrogens (tertiary/aromatic N) is 3. The predicted octanol–water partition coefficient (Wildman–Crippen LogP) is 4.38. The number of aliphatic hydroxyl groups is 1. The normalized spacial score (nSPS) is 19.9. The molecule has 1 fully saturated rings. The molecule has 2 aliphatic rings. The number of carbonyl (C=O) groups is 1. The second-order valence-electron chi connectivity index (χ2n) is 9.56. The zero-order valence-corrected chi connectivity index (χ0v) is 20.0. The van der Waals surface area contributed by atoms with Gasteiger partial charge in [-0.15, -0.1) is 0 Å². The highest BCUT2D eigenvalue weighted by Crippen LogP contribution is 2.32. The van der Waals surface area contributed by atoms with Crippen molar-refractivity contribution in [2.24, 2.45) is 5.92 Å². The average Bonchev–Trinajstić information content (AvgIpc) is 3.12. The van der Waals surface area contributed by atoms with Crippen LogP contribution in [0.2, 0.25) is 0 Å². The Kier molecular flexibility index (Phi) is 7.40. The largest absolute Gasteiger partial charge is 0.484 e. The number of hydrogen-bond donors (Lipinski definition) is 1. The number of benzene rings is 2. The molecule has 182 valence electrons. The highest BCUT2D eigenvalue weighted by molar-refractivity contribution is 5.76. The average molecular weight is 472 g/mol. The molecule has 2 unspecified atom stereocenters. The van der Waals surface area contributed by atoms with Crippen LogP contribution in [0.5, 0.6) is 5.75 Å². The maximum atomic E-state index is 13.1. The Hall–Kier alpha value is -3.22. The monoisotopic (exact) mass is 471 g/mol. The summed E-state index contributed by atoms with van der Waals surface area (Å²) in [5.41, 5.74) is 3.16. The first-order valence-corrected chi connectivity index (χ1v) is 12.5. The van der Waals surface area contributed by atoms with Gasteiger partial charge in [-0.2, -0.15) is 0 Å². The number of aromatic nitrogens is 1. The molecule has 0 saturated carbocycles. The van der Waals surface area contributed by atoms with Crippen molar-refractivity contribution in [1.29, 1.82) is 0 Å². The van der Waals surface area contributed by atoms with E-state index in [1.165, 1.54) is 0 Å². The molecule has 0 radical (unpaired) electrons. The molecule has 5 rings (SSSR count). The summed E-state index contributed by atoms with van der Waals surface area (Å²) in [4.78, 5) is 21.5. The van der Waals surface area contributed by atoms with Crippen LogP contribution in [0.1, 0.15) is 48.2 Å². The van der Waals surface area contributed by atoms with E-state index in [4.69, 9.17) is 4.74 Å². The highest BCUT2D eigenvalue weighted by Gasteiger charge is 2.29. The van der Waals surface area contributed by atoms with E-state index in [0.717, 1.165) is 48.4 Å². The molecule has 0 aliphatic carbocycles. The second kappa shape index (κ2) is 11.0. The lowest BCUT2D eigenvalue weighted by atomic mass is 9.88. The number of hydrogen-bond acceptors (Lipinski definition) is 5. The zero-order chi connectivity index (χ0) is 24.0. The first-order chi connectivity index (χ1) is 17.2. The van der Waals surface area contributed by atoms with Gasteiger partial charge in [0.25, 0.3) is 0 Å². The summed E-state index contributed by atoms with van der Waals surface area (Å²) in [6.07, 6.45) is 4.96. The molecule has 2 aromatic carbocycles. The van der Waals surface area contributed by atoms with Gasteiger partial charge in [-0.25, -0.2) is 0 Å². The number of likely N-dealkylation sites (tertiary alicyclic amines) is 1. The van der Waals surface area contributed by atoms with Crippen molar-refractivity contribution in [1.82, 2.24) is 14.8 Å². The summed E-state index contributed by atoms with van der Waals surface area (Å²) in [5.74, 6) is 1.27. The van der Waals surface area contributed by atoms with E-state index >= 15 is 0 Å². The summed E-state index contributed by atoms with van der Waals surface area (Å²) >= 11 is 0. The van der Waals surface area contributed by atoms with Crippen molar-refractivity contribution in [3.63, 3.8) is 0 Å². The van der Waals surface area contributed by atoms with E-state index in [2.05, 4.69) is 28.1 Å². The summed E-state index contributed by atoms with van der Waals surface area (Å²) in [5, 5.41) is 10.7. The van der Waals surface area contributed by atoms with Crippen LogP contribution in [0.4, 0.5) is 0 Å². The van der Waals surface area contributed by atoms with Crippen molar-refractivity contribution in [3.05, 3.63) is 95.8 Å². The zero-order valence-electron chi connectivity index (χ0n) is 20.0. The fraction of sp³-hybridized carbons (Fsp3) is 0.379. The molecule has 6 heteroatoms. The topological polar surface area (TPSA) is 65.9 Å². The summed E-state index contributed by atoms with van der Waals surface area (Å²) in [6, 6.07) is 22.3. The lowest BCUT2D eigenvalue weighted by Crippen LogP contribution is -2.41. The van der Waals surface area contributed by atoms with E-state index in [9.17, 15) is 9.90 Å². The van der Waals surface area contributed by atoms with Gasteiger partial charge < -0.3 is 14.7 Å². The molecule has 2 atom stereocenters. The molecule has 35 heavy (non-hydrogen) atoms. The number of aliphatic hydroxyl groups excluding tert-OH is 1. The SMILES string of the molecule is O=C(CCN1Cc2ccccc2OC(c2ccccc2)C1)N1CCC(C(O)c2cccnc2)CC1. The number of fused-ring (bicyclic) bond motifs is 1. The van der Waals surface area contributed by atoms with Crippen LogP contribution < -0.4 is 4.74 Å². The Labute approximate surface area is 207 Å². The van der Waals surface area contributed by atoms with E-state index in [0.29, 0.717) is 26.1 Å². The van der Waals surface area contributed by atoms with Crippen LogP contribution in [0.15, 0.2) is 79.1 Å². The maximum absolute atomic E-state index is 13.1. The quantitative estimate of drug-likeness (QED) is 0.578. The van der Waals surface area contributed by atoms with Gasteiger partial charge in [-0.05, 0) is 42.0 Å². The van der Waals surface area contributed by atoms with E-state index in [1.54, 1.807) is 12.4 Å². The number of para-hydroxylation sites is 1. The molecule has 0 bridgehead atoms. The number of pyridine rings is 1. The Bertz CT molecular complexity index is 1100. The molecule has 6 nitrogen and oxygen atoms in total. The van der Waals surface area contributed by atoms with Gasteiger partial charge in [0, 0.05) is 57.1 Å². The Balaban J connectivity index is 1.18. The standard InChI is InChI=1S/C29H33N3O3/c33-28(32-17-12-23(13-18-32)29(34)24-10-6-15-30-19-24)14-16-31-20-25-9-4-5-11-26(25)35-27(21-31)22-7-2-1-3-8-22/h1-11,15,19,23,27,29,34H,12-14,16-18,20-21H2. The first-order valence-electron chi connectivity index (χ1n) is 12.5. The molecule has 3 heterocycles. The third-order valence-corrected chi connectivity index (χ3v) is 7.24. The van der Waals surface area contributed by atoms with Gasteiger partial charge in [-0.1, -0.05) is 54.6 Å². The van der Waals surface area contributed by atoms with E-state index in [1.807, 2.05) is 53.4 Å². The third-order valence-electron chi connectivity index (χ3n) is 7.24. The number of ether oxygens (including phenoxy) is 1. The smallest absolute Gasteiger partial charge is 0.223 e.